The molecule has 2 N–H and O–H groups in total. The third-order valence-corrected chi connectivity index (χ3v) is 3.69. The molecule has 3 rings (SSSR count). The first kappa shape index (κ1) is 13.6. The maximum atomic E-state index is 11.8. The summed E-state index contributed by atoms with van der Waals surface area (Å²) >= 11 is 0. The van der Waals surface area contributed by atoms with Crippen LogP contribution in [0.25, 0.3) is 11.0 Å². The third-order valence-electron chi connectivity index (χ3n) is 3.69. The summed E-state index contributed by atoms with van der Waals surface area (Å²) in [7, 11) is 0. The van der Waals surface area contributed by atoms with Crippen LogP contribution in [0.15, 0.2) is 18.2 Å². The maximum absolute atomic E-state index is 11.8. The Morgan fingerprint density at radius 3 is 2.86 bits per heavy atom. The molecular weight excluding hydrogens is 270 g/mol. The monoisotopic (exact) mass is 287 g/mol. The Morgan fingerprint density at radius 2 is 2.19 bits per heavy atom. The van der Waals surface area contributed by atoms with Gasteiger partial charge in [0.1, 0.15) is 5.82 Å². The van der Waals surface area contributed by atoms with Gasteiger partial charge >= 0.3 is 5.97 Å². The molecule has 0 bridgehead atoms. The Hall–Kier alpha value is -2.37. The first-order chi connectivity index (χ1) is 10.0. The molecule has 0 radical (unpaired) electrons. The summed E-state index contributed by atoms with van der Waals surface area (Å²) in [4.78, 5) is 27.2. The van der Waals surface area contributed by atoms with E-state index in [1.165, 1.54) is 0 Å². The van der Waals surface area contributed by atoms with E-state index in [0.717, 1.165) is 29.7 Å². The van der Waals surface area contributed by atoms with Gasteiger partial charge in [-0.05, 0) is 38.0 Å². The lowest BCUT2D eigenvalue weighted by atomic mass is 10.2. The Balaban J connectivity index is 1.82. The Morgan fingerprint density at radius 1 is 1.43 bits per heavy atom. The molecule has 21 heavy (non-hydrogen) atoms. The molecule has 110 valence electrons. The number of carbonyl (C=O) groups excluding carboxylic acids is 1. The van der Waals surface area contributed by atoms with E-state index >= 15 is 0 Å². The van der Waals surface area contributed by atoms with Gasteiger partial charge < -0.3 is 15.0 Å². The highest BCUT2D eigenvalue weighted by Gasteiger charge is 2.23. The number of hydrogen-bond donors (Lipinski definition) is 2. The zero-order valence-electron chi connectivity index (χ0n) is 11.8. The molecule has 6 nitrogen and oxygen atoms in total. The Bertz CT molecular complexity index is 716. The number of aromatic carboxylic acids is 1. The van der Waals surface area contributed by atoms with E-state index in [9.17, 15) is 9.59 Å². The van der Waals surface area contributed by atoms with Gasteiger partial charge in [0.25, 0.3) is 0 Å². The van der Waals surface area contributed by atoms with Crippen molar-refractivity contribution in [1.82, 2.24) is 14.9 Å². The van der Waals surface area contributed by atoms with Crippen LogP contribution in [0.2, 0.25) is 0 Å². The van der Waals surface area contributed by atoms with Crippen LogP contribution < -0.4 is 5.32 Å². The molecule has 0 saturated heterocycles. The highest BCUT2D eigenvalue weighted by atomic mass is 16.4. The van der Waals surface area contributed by atoms with Crippen molar-refractivity contribution in [2.75, 3.05) is 0 Å². The SMILES string of the molecule is Cc1nc2ccc(C(=O)O)cc2n1CCC(=O)NC1CC1. The quantitative estimate of drug-likeness (QED) is 0.876. The number of fused-ring (bicyclic) bond motifs is 1. The number of carboxylic acids is 1. The number of aromatic nitrogens is 2. The van der Waals surface area contributed by atoms with Crippen LogP contribution in [0.4, 0.5) is 0 Å². The third kappa shape index (κ3) is 2.89. The van der Waals surface area contributed by atoms with Gasteiger partial charge in [-0.1, -0.05) is 0 Å². The fourth-order valence-electron chi connectivity index (χ4n) is 2.40. The Kier molecular flexibility index (Phi) is 3.37. The number of amides is 1. The normalized spacial score (nSPS) is 14.3. The summed E-state index contributed by atoms with van der Waals surface area (Å²) in [5.74, 6) is -0.145. The van der Waals surface area contributed by atoms with Crippen molar-refractivity contribution < 1.29 is 14.7 Å². The smallest absolute Gasteiger partial charge is 0.335 e. The number of rotatable bonds is 5. The topological polar surface area (TPSA) is 84.2 Å². The van der Waals surface area contributed by atoms with E-state index in [1.807, 2.05) is 11.5 Å². The minimum absolute atomic E-state index is 0.0353. The molecule has 1 aliphatic carbocycles. The van der Waals surface area contributed by atoms with Gasteiger partial charge in [0, 0.05) is 19.0 Å². The van der Waals surface area contributed by atoms with Crippen LogP contribution in [0.5, 0.6) is 0 Å². The van der Waals surface area contributed by atoms with E-state index < -0.39 is 5.97 Å². The van der Waals surface area contributed by atoms with Gasteiger partial charge in [0.05, 0.1) is 16.6 Å². The van der Waals surface area contributed by atoms with Gasteiger partial charge in [0.2, 0.25) is 5.91 Å². The predicted molar refractivity (Wildman–Crippen MR) is 77.2 cm³/mol. The fraction of sp³-hybridized carbons (Fsp3) is 0.400. The number of carbonyl (C=O) groups is 2. The summed E-state index contributed by atoms with van der Waals surface area (Å²) in [6.07, 6.45) is 2.52. The summed E-state index contributed by atoms with van der Waals surface area (Å²) < 4.78 is 1.90. The van der Waals surface area contributed by atoms with Crippen molar-refractivity contribution in [2.24, 2.45) is 0 Å². The second kappa shape index (κ2) is 5.20. The average molecular weight is 287 g/mol. The highest BCUT2D eigenvalue weighted by molar-refractivity contribution is 5.92. The minimum atomic E-state index is -0.964. The summed E-state index contributed by atoms with van der Waals surface area (Å²) in [5, 5.41) is 12.0. The number of imidazole rings is 1. The molecule has 0 aliphatic heterocycles. The van der Waals surface area contributed by atoms with Gasteiger partial charge in [-0.2, -0.15) is 0 Å². The number of hydrogen-bond acceptors (Lipinski definition) is 3. The van der Waals surface area contributed by atoms with Crippen molar-refractivity contribution in [1.29, 1.82) is 0 Å². The maximum Gasteiger partial charge on any atom is 0.335 e. The van der Waals surface area contributed by atoms with Crippen LogP contribution in [0.1, 0.15) is 35.4 Å². The molecule has 1 aromatic heterocycles. The molecule has 2 aromatic rings. The van der Waals surface area contributed by atoms with Crippen molar-refractivity contribution in [3.8, 4) is 0 Å². The van der Waals surface area contributed by atoms with Crippen LogP contribution in [-0.2, 0) is 11.3 Å². The average Bonchev–Trinajstić information content (AvgIpc) is 3.18. The van der Waals surface area contributed by atoms with E-state index in [1.54, 1.807) is 18.2 Å². The summed E-state index contributed by atoms with van der Waals surface area (Å²) in [6, 6.07) is 5.21. The zero-order valence-corrected chi connectivity index (χ0v) is 11.8. The van der Waals surface area contributed by atoms with E-state index in [-0.39, 0.29) is 11.5 Å². The summed E-state index contributed by atoms with van der Waals surface area (Å²) in [5.41, 5.74) is 1.73. The minimum Gasteiger partial charge on any atom is -0.478 e. The zero-order chi connectivity index (χ0) is 15.0. The van der Waals surface area contributed by atoms with E-state index in [2.05, 4.69) is 10.3 Å². The lowest BCUT2D eigenvalue weighted by Gasteiger charge is -2.07. The molecule has 0 unspecified atom stereocenters. The van der Waals surface area contributed by atoms with Crippen LogP contribution in [-0.4, -0.2) is 32.6 Å². The molecule has 1 saturated carbocycles. The van der Waals surface area contributed by atoms with Gasteiger partial charge in [-0.25, -0.2) is 9.78 Å². The van der Waals surface area contributed by atoms with E-state index in [4.69, 9.17) is 5.11 Å². The molecule has 1 aliphatic rings. The second-order valence-corrected chi connectivity index (χ2v) is 5.41. The van der Waals surface area contributed by atoms with Crippen molar-refractivity contribution >= 4 is 22.9 Å². The molecule has 6 heteroatoms. The fourth-order valence-corrected chi connectivity index (χ4v) is 2.40. The molecule has 1 heterocycles. The lowest BCUT2D eigenvalue weighted by molar-refractivity contribution is -0.121. The largest absolute Gasteiger partial charge is 0.478 e. The second-order valence-electron chi connectivity index (χ2n) is 5.41. The number of nitrogens with zero attached hydrogens (tertiary/aromatic N) is 2. The molecule has 1 fully saturated rings. The number of benzene rings is 1. The molecule has 0 atom stereocenters. The van der Waals surface area contributed by atoms with Crippen molar-refractivity contribution in [3.05, 3.63) is 29.6 Å². The predicted octanol–water partition coefficient (Wildman–Crippen LogP) is 1.71. The van der Waals surface area contributed by atoms with Gasteiger partial charge in [-0.15, -0.1) is 0 Å². The number of carboxylic acid groups (broad SMARTS) is 1. The lowest BCUT2D eigenvalue weighted by Crippen LogP contribution is -2.26. The highest BCUT2D eigenvalue weighted by Crippen LogP contribution is 2.20. The molecule has 0 spiro atoms. The van der Waals surface area contributed by atoms with Crippen molar-refractivity contribution in [2.45, 2.75) is 38.8 Å². The first-order valence-electron chi connectivity index (χ1n) is 7.04. The summed E-state index contributed by atoms with van der Waals surface area (Å²) in [6.45, 7) is 2.36. The first-order valence-corrected chi connectivity index (χ1v) is 7.04. The number of aryl methyl sites for hydroxylation is 2. The van der Waals surface area contributed by atoms with E-state index in [0.29, 0.717) is 19.0 Å². The molecular formula is C15H17N3O3. The van der Waals surface area contributed by atoms with Gasteiger partial charge in [0.15, 0.2) is 0 Å². The number of nitrogens with one attached hydrogen (secondary N) is 1. The standard InChI is InChI=1S/C15H17N3O3/c1-9-16-12-5-2-10(15(20)21)8-13(12)18(9)7-6-14(19)17-11-3-4-11/h2,5,8,11H,3-4,6-7H2,1H3,(H,17,19)(H,20,21). The molecule has 1 amide bonds. The van der Waals surface area contributed by atoms with Crippen molar-refractivity contribution in [3.63, 3.8) is 0 Å². The van der Waals surface area contributed by atoms with Crippen LogP contribution in [0.3, 0.4) is 0 Å². The van der Waals surface area contributed by atoms with Gasteiger partial charge in [-0.3, -0.25) is 4.79 Å². The van der Waals surface area contributed by atoms with Crippen LogP contribution >= 0.6 is 0 Å². The Labute approximate surface area is 121 Å². The van der Waals surface area contributed by atoms with Crippen LogP contribution in [0, 0.1) is 6.92 Å². The molecule has 1 aromatic carbocycles.